The number of phenols is 2. The Bertz CT molecular complexity index is 1430. The third-order valence-corrected chi connectivity index (χ3v) is 5.49. The Morgan fingerprint density at radius 1 is 1.12 bits per heavy atom. The van der Waals surface area contributed by atoms with Crippen LogP contribution in [0.25, 0.3) is 22.3 Å². The van der Waals surface area contributed by atoms with Crippen LogP contribution in [-0.4, -0.2) is 28.3 Å². The third kappa shape index (κ3) is 2.96. The SMILES string of the molecule is COC(=O)CC1c2cccnc2Oc2c(O)c(O)c3c(=O)cc(-c4ccccc4)oc3c21. The van der Waals surface area contributed by atoms with Gasteiger partial charge in [0.2, 0.25) is 11.6 Å². The molecule has 5 rings (SSSR count). The fourth-order valence-corrected chi connectivity index (χ4v) is 4.00. The minimum atomic E-state index is -0.696. The van der Waals surface area contributed by atoms with Gasteiger partial charge in [-0.15, -0.1) is 0 Å². The molecule has 0 amide bonds. The molecule has 2 N–H and O–H groups in total. The molecule has 4 aromatic rings. The number of nitrogens with zero attached hydrogens (tertiary/aromatic N) is 1. The van der Waals surface area contributed by atoms with E-state index >= 15 is 0 Å². The molecule has 0 spiro atoms. The van der Waals surface area contributed by atoms with Crippen LogP contribution in [0.4, 0.5) is 0 Å². The van der Waals surface area contributed by atoms with Crippen LogP contribution in [0.5, 0.6) is 23.1 Å². The summed E-state index contributed by atoms with van der Waals surface area (Å²) in [5, 5.41) is 21.1. The smallest absolute Gasteiger partial charge is 0.306 e. The highest BCUT2D eigenvalue weighted by Crippen LogP contribution is 2.55. The number of benzene rings is 2. The third-order valence-electron chi connectivity index (χ3n) is 5.49. The molecule has 2 aromatic heterocycles. The molecule has 160 valence electrons. The summed E-state index contributed by atoms with van der Waals surface area (Å²) in [5.74, 6) is -2.18. The van der Waals surface area contributed by atoms with Gasteiger partial charge in [-0.2, -0.15) is 0 Å². The van der Waals surface area contributed by atoms with Crippen molar-refractivity contribution in [2.45, 2.75) is 12.3 Å². The Morgan fingerprint density at radius 3 is 2.66 bits per heavy atom. The van der Waals surface area contributed by atoms with Crippen LogP contribution in [0.3, 0.4) is 0 Å². The number of carbonyl (C=O) groups excluding carboxylic acids is 1. The summed E-state index contributed by atoms with van der Waals surface area (Å²) in [5.41, 5.74) is 0.941. The van der Waals surface area contributed by atoms with Crippen LogP contribution < -0.4 is 10.2 Å². The molecule has 1 atom stereocenters. The van der Waals surface area contributed by atoms with Crippen LogP contribution in [0.2, 0.25) is 0 Å². The molecule has 32 heavy (non-hydrogen) atoms. The second-order valence-electron chi connectivity index (χ2n) is 7.32. The molecule has 8 heteroatoms. The van der Waals surface area contributed by atoms with E-state index < -0.39 is 28.8 Å². The molecule has 0 saturated heterocycles. The number of pyridine rings is 1. The van der Waals surface area contributed by atoms with Gasteiger partial charge in [0.1, 0.15) is 16.7 Å². The van der Waals surface area contributed by atoms with Gasteiger partial charge in [-0.1, -0.05) is 36.4 Å². The topological polar surface area (TPSA) is 119 Å². The van der Waals surface area contributed by atoms with Crippen molar-refractivity contribution in [2.24, 2.45) is 0 Å². The highest BCUT2D eigenvalue weighted by atomic mass is 16.5. The maximum atomic E-state index is 13.0. The second-order valence-corrected chi connectivity index (χ2v) is 7.32. The first kappa shape index (κ1) is 19.6. The van der Waals surface area contributed by atoms with E-state index in [9.17, 15) is 19.8 Å². The van der Waals surface area contributed by atoms with Crippen molar-refractivity contribution >= 4 is 16.9 Å². The number of phenolic OH excluding ortho intramolecular Hbond substituents is 2. The predicted molar refractivity (Wildman–Crippen MR) is 114 cm³/mol. The molecular formula is C24H17NO7. The summed E-state index contributed by atoms with van der Waals surface area (Å²) < 4.78 is 16.8. The maximum absolute atomic E-state index is 13.0. The van der Waals surface area contributed by atoms with Gasteiger partial charge in [0.15, 0.2) is 16.9 Å². The van der Waals surface area contributed by atoms with Crippen molar-refractivity contribution in [1.29, 1.82) is 0 Å². The normalized spacial score (nSPS) is 14.3. The van der Waals surface area contributed by atoms with Crippen LogP contribution in [0.15, 0.2) is 63.9 Å². The first-order valence-corrected chi connectivity index (χ1v) is 9.80. The highest BCUT2D eigenvalue weighted by Gasteiger charge is 2.37. The molecule has 0 radical (unpaired) electrons. The Morgan fingerprint density at radius 2 is 1.91 bits per heavy atom. The van der Waals surface area contributed by atoms with E-state index in [1.54, 1.807) is 36.4 Å². The lowest BCUT2D eigenvalue weighted by Crippen LogP contribution is -2.17. The van der Waals surface area contributed by atoms with E-state index in [0.717, 1.165) is 0 Å². The van der Waals surface area contributed by atoms with E-state index in [1.165, 1.54) is 19.4 Å². The van der Waals surface area contributed by atoms with E-state index in [1.807, 2.05) is 6.07 Å². The monoisotopic (exact) mass is 431 g/mol. The Kier molecular flexibility index (Phi) is 4.55. The number of hydrogen-bond donors (Lipinski definition) is 2. The quantitative estimate of drug-likeness (QED) is 0.368. The lowest BCUT2D eigenvalue weighted by molar-refractivity contribution is -0.140. The summed E-state index contributed by atoms with van der Waals surface area (Å²) >= 11 is 0. The summed E-state index contributed by atoms with van der Waals surface area (Å²) in [6.07, 6.45) is 1.38. The fraction of sp³-hybridized carbons (Fsp3) is 0.125. The molecule has 0 bridgehead atoms. The van der Waals surface area contributed by atoms with Crippen molar-refractivity contribution in [3.63, 3.8) is 0 Å². The lowest BCUT2D eigenvalue weighted by atomic mass is 9.85. The Balaban J connectivity index is 1.87. The largest absolute Gasteiger partial charge is 0.504 e. The average Bonchev–Trinajstić information content (AvgIpc) is 2.82. The zero-order chi connectivity index (χ0) is 22.4. The molecule has 0 fully saturated rings. The number of esters is 1. The molecule has 2 aromatic carbocycles. The van der Waals surface area contributed by atoms with Crippen LogP contribution >= 0.6 is 0 Å². The first-order chi connectivity index (χ1) is 15.5. The van der Waals surface area contributed by atoms with Crippen molar-refractivity contribution in [1.82, 2.24) is 4.98 Å². The lowest BCUT2D eigenvalue weighted by Gasteiger charge is -2.28. The number of ether oxygens (including phenoxy) is 2. The van der Waals surface area contributed by atoms with Crippen LogP contribution in [-0.2, 0) is 9.53 Å². The van der Waals surface area contributed by atoms with Gasteiger partial charge in [-0.25, -0.2) is 4.98 Å². The average molecular weight is 431 g/mol. The van der Waals surface area contributed by atoms with Crippen LogP contribution in [0, 0.1) is 0 Å². The fourth-order valence-electron chi connectivity index (χ4n) is 4.00. The zero-order valence-corrected chi connectivity index (χ0v) is 16.9. The Hall–Kier alpha value is -4.33. The highest BCUT2D eigenvalue weighted by molar-refractivity contribution is 5.94. The van der Waals surface area contributed by atoms with Crippen molar-refractivity contribution in [3.8, 4) is 34.5 Å². The number of aromatic nitrogens is 1. The predicted octanol–water partition coefficient (Wildman–Crippen LogP) is 4.07. The minimum absolute atomic E-state index is 0.0186. The summed E-state index contributed by atoms with van der Waals surface area (Å²) in [6, 6.07) is 13.6. The number of carbonyl (C=O) groups is 1. The molecule has 3 heterocycles. The molecule has 1 aliphatic rings. The van der Waals surface area contributed by atoms with E-state index in [4.69, 9.17) is 13.9 Å². The number of aromatic hydroxyl groups is 2. The molecule has 1 aliphatic heterocycles. The van der Waals surface area contributed by atoms with E-state index in [0.29, 0.717) is 11.1 Å². The molecule has 0 saturated carbocycles. The second kappa shape index (κ2) is 7.42. The minimum Gasteiger partial charge on any atom is -0.504 e. The van der Waals surface area contributed by atoms with Gasteiger partial charge in [0.05, 0.1) is 19.1 Å². The van der Waals surface area contributed by atoms with Crippen LogP contribution in [0.1, 0.15) is 23.5 Å². The van der Waals surface area contributed by atoms with Gasteiger partial charge >= 0.3 is 5.97 Å². The first-order valence-electron chi connectivity index (χ1n) is 9.80. The number of rotatable bonds is 3. The molecule has 0 aliphatic carbocycles. The van der Waals surface area contributed by atoms with Crippen molar-refractivity contribution < 1.29 is 28.9 Å². The Labute approximate surface area is 181 Å². The zero-order valence-electron chi connectivity index (χ0n) is 16.9. The van der Waals surface area contributed by atoms with Crippen molar-refractivity contribution in [2.75, 3.05) is 7.11 Å². The van der Waals surface area contributed by atoms with Gasteiger partial charge in [0.25, 0.3) is 0 Å². The summed E-state index contributed by atoms with van der Waals surface area (Å²) in [6.45, 7) is 0. The number of hydrogen-bond acceptors (Lipinski definition) is 8. The maximum Gasteiger partial charge on any atom is 0.306 e. The van der Waals surface area contributed by atoms with Gasteiger partial charge < -0.3 is 24.1 Å². The van der Waals surface area contributed by atoms with Gasteiger partial charge in [0, 0.05) is 29.3 Å². The van der Waals surface area contributed by atoms with Gasteiger partial charge in [-0.05, 0) is 6.07 Å². The standard InChI is InChI=1S/C24H17NO7/c1-30-17(27)10-14-13-8-5-9-25-24(13)32-23-18(14)22-19(20(28)21(23)29)15(26)11-16(31-22)12-6-3-2-4-7-12/h2-9,11,14,28-29H,10H2,1H3. The van der Waals surface area contributed by atoms with Crippen molar-refractivity contribution in [3.05, 3.63) is 76.1 Å². The molecule has 8 nitrogen and oxygen atoms in total. The molecular weight excluding hydrogens is 414 g/mol. The number of methoxy groups -OCH3 is 1. The molecule has 1 unspecified atom stereocenters. The summed E-state index contributed by atoms with van der Waals surface area (Å²) in [7, 11) is 1.27. The van der Waals surface area contributed by atoms with E-state index in [2.05, 4.69) is 4.98 Å². The van der Waals surface area contributed by atoms with Gasteiger partial charge in [-0.3, -0.25) is 9.59 Å². The van der Waals surface area contributed by atoms with E-state index in [-0.39, 0.29) is 40.3 Å². The number of fused-ring (bicyclic) bond motifs is 4. The summed E-state index contributed by atoms with van der Waals surface area (Å²) in [4.78, 5) is 29.4.